The number of carbonyl (C=O) groups excluding carboxylic acids is 1. The Bertz CT molecular complexity index is 1250. The standard InChI is InChI=1S/C26H24N4O3/c1-3-33-21-12-8-19(9-13-21)25-22-23(18-6-10-20(32-2)11-7-18)28-29-24(22)26(31)30(25)16-17-5-4-14-27-15-17/h4-15,25H,3,16H2,1-2H3,(H,28,29). The molecule has 1 unspecified atom stereocenters. The third-order valence-electron chi connectivity index (χ3n) is 5.81. The van der Waals surface area contributed by atoms with Gasteiger partial charge in [0.25, 0.3) is 5.91 Å². The molecule has 1 aliphatic heterocycles. The van der Waals surface area contributed by atoms with Crippen LogP contribution in [-0.4, -0.2) is 39.7 Å². The van der Waals surface area contributed by atoms with Gasteiger partial charge in [0, 0.05) is 30.1 Å². The fraction of sp³-hybridized carbons (Fsp3) is 0.192. The van der Waals surface area contributed by atoms with Crippen molar-refractivity contribution >= 4 is 5.91 Å². The van der Waals surface area contributed by atoms with Crippen LogP contribution in [0.4, 0.5) is 0 Å². The molecule has 1 amide bonds. The summed E-state index contributed by atoms with van der Waals surface area (Å²) in [6.45, 7) is 3.00. The van der Waals surface area contributed by atoms with E-state index in [1.165, 1.54) is 0 Å². The fourth-order valence-electron chi connectivity index (χ4n) is 4.28. The number of methoxy groups -OCH3 is 1. The van der Waals surface area contributed by atoms with E-state index in [0.717, 1.165) is 39.4 Å². The van der Waals surface area contributed by atoms with Crippen molar-refractivity contribution in [3.8, 4) is 22.8 Å². The van der Waals surface area contributed by atoms with E-state index < -0.39 is 0 Å². The minimum atomic E-state index is -0.292. The number of amides is 1. The lowest BCUT2D eigenvalue weighted by Gasteiger charge is -2.26. The van der Waals surface area contributed by atoms with Crippen LogP contribution >= 0.6 is 0 Å². The summed E-state index contributed by atoms with van der Waals surface area (Å²) in [5.41, 5.74) is 5.02. The Labute approximate surface area is 192 Å². The second kappa shape index (κ2) is 8.78. The monoisotopic (exact) mass is 440 g/mol. The topological polar surface area (TPSA) is 80.3 Å². The van der Waals surface area contributed by atoms with Crippen molar-refractivity contribution in [2.24, 2.45) is 0 Å². The fourth-order valence-corrected chi connectivity index (χ4v) is 4.28. The van der Waals surface area contributed by atoms with Gasteiger partial charge in [0.05, 0.1) is 25.5 Å². The number of pyridine rings is 1. The first kappa shape index (κ1) is 20.8. The third-order valence-corrected chi connectivity index (χ3v) is 5.81. The molecular formula is C26H24N4O3. The number of aromatic amines is 1. The van der Waals surface area contributed by atoms with Crippen LogP contribution in [-0.2, 0) is 6.54 Å². The number of fused-ring (bicyclic) bond motifs is 1. The number of nitrogens with zero attached hydrogens (tertiary/aromatic N) is 3. The highest BCUT2D eigenvalue weighted by atomic mass is 16.5. The summed E-state index contributed by atoms with van der Waals surface area (Å²) in [5.74, 6) is 1.48. The van der Waals surface area contributed by atoms with Gasteiger partial charge in [-0.1, -0.05) is 18.2 Å². The van der Waals surface area contributed by atoms with Crippen LogP contribution in [0.15, 0.2) is 73.1 Å². The van der Waals surface area contributed by atoms with Crippen LogP contribution in [0, 0.1) is 0 Å². The summed E-state index contributed by atoms with van der Waals surface area (Å²) in [6, 6.07) is 19.2. The Morgan fingerprint density at radius 1 is 1.03 bits per heavy atom. The van der Waals surface area contributed by atoms with E-state index >= 15 is 0 Å². The highest BCUT2D eigenvalue weighted by molar-refractivity contribution is 6.00. The number of ether oxygens (including phenoxy) is 2. The number of nitrogens with one attached hydrogen (secondary N) is 1. The van der Waals surface area contributed by atoms with Gasteiger partial charge in [-0.2, -0.15) is 5.10 Å². The maximum atomic E-state index is 13.5. The molecule has 0 saturated carbocycles. The summed E-state index contributed by atoms with van der Waals surface area (Å²) in [5, 5.41) is 7.53. The first-order valence-corrected chi connectivity index (χ1v) is 10.8. The summed E-state index contributed by atoms with van der Waals surface area (Å²) in [7, 11) is 1.64. The molecular weight excluding hydrogens is 416 g/mol. The third kappa shape index (κ3) is 3.82. The van der Waals surface area contributed by atoms with Crippen molar-refractivity contribution < 1.29 is 14.3 Å². The van der Waals surface area contributed by atoms with Crippen LogP contribution in [0.5, 0.6) is 11.5 Å². The van der Waals surface area contributed by atoms with Crippen molar-refractivity contribution in [2.75, 3.05) is 13.7 Å². The number of hydrogen-bond acceptors (Lipinski definition) is 5. The van der Waals surface area contributed by atoms with Gasteiger partial charge in [0.2, 0.25) is 0 Å². The summed E-state index contributed by atoms with van der Waals surface area (Å²) < 4.78 is 10.9. The van der Waals surface area contributed by atoms with Crippen LogP contribution in [0.1, 0.15) is 40.1 Å². The molecule has 33 heavy (non-hydrogen) atoms. The van der Waals surface area contributed by atoms with Gasteiger partial charge in [-0.05, 0) is 60.5 Å². The van der Waals surface area contributed by atoms with Crippen LogP contribution < -0.4 is 9.47 Å². The highest BCUT2D eigenvalue weighted by Gasteiger charge is 2.42. The van der Waals surface area contributed by atoms with Crippen LogP contribution in [0.3, 0.4) is 0 Å². The first-order chi connectivity index (χ1) is 16.2. The van der Waals surface area contributed by atoms with Crippen molar-refractivity contribution in [2.45, 2.75) is 19.5 Å². The Hall–Kier alpha value is -4.13. The SMILES string of the molecule is CCOc1ccc(C2c3c(-c4ccc(OC)cc4)n[nH]c3C(=O)N2Cc2cccnc2)cc1. The number of hydrogen-bond donors (Lipinski definition) is 1. The van der Waals surface area contributed by atoms with E-state index in [0.29, 0.717) is 18.8 Å². The number of H-pyrrole nitrogens is 1. The number of benzene rings is 2. The molecule has 1 aliphatic rings. The lowest BCUT2D eigenvalue weighted by atomic mass is 9.96. The van der Waals surface area contributed by atoms with Crippen molar-refractivity contribution in [1.29, 1.82) is 0 Å². The molecule has 1 N–H and O–H groups in total. The molecule has 7 nitrogen and oxygen atoms in total. The zero-order valence-corrected chi connectivity index (χ0v) is 18.5. The number of aromatic nitrogens is 3. The minimum absolute atomic E-state index is 0.0833. The van der Waals surface area contributed by atoms with Gasteiger partial charge in [-0.25, -0.2) is 0 Å². The molecule has 0 radical (unpaired) electrons. The molecule has 7 heteroatoms. The maximum Gasteiger partial charge on any atom is 0.273 e. The van der Waals surface area contributed by atoms with Crippen molar-refractivity contribution in [3.63, 3.8) is 0 Å². The molecule has 2 aromatic heterocycles. The zero-order valence-electron chi connectivity index (χ0n) is 18.5. The van der Waals surface area contributed by atoms with Gasteiger partial charge in [-0.3, -0.25) is 14.9 Å². The van der Waals surface area contributed by atoms with E-state index in [-0.39, 0.29) is 11.9 Å². The van der Waals surface area contributed by atoms with Crippen molar-refractivity contribution in [1.82, 2.24) is 20.1 Å². The second-order valence-electron chi connectivity index (χ2n) is 7.79. The zero-order chi connectivity index (χ0) is 22.8. The lowest BCUT2D eigenvalue weighted by Crippen LogP contribution is -2.29. The van der Waals surface area contributed by atoms with E-state index in [2.05, 4.69) is 15.2 Å². The summed E-state index contributed by atoms with van der Waals surface area (Å²) in [4.78, 5) is 19.6. The molecule has 4 aromatic rings. The summed E-state index contributed by atoms with van der Waals surface area (Å²) >= 11 is 0. The Balaban J connectivity index is 1.60. The van der Waals surface area contributed by atoms with Gasteiger partial charge in [-0.15, -0.1) is 0 Å². The molecule has 5 rings (SSSR count). The molecule has 0 spiro atoms. The highest BCUT2D eigenvalue weighted by Crippen LogP contribution is 2.43. The normalized spacial score (nSPS) is 14.9. The average Bonchev–Trinajstić information content (AvgIpc) is 3.40. The predicted octanol–water partition coefficient (Wildman–Crippen LogP) is 4.62. The molecule has 2 aromatic carbocycles. The van der Waals surface area contributed by atoms with Gasteiger partial charge >= 0.3 is 0 Å². The molecule has 0 aliphatic carbocycles. The predicted molar refractivity (Wildman–Crippen MR) is 124 cm³/mol. The molecule has 0 bridgehead atoms. The van der Waals surface area contributed by atoms with E-state index in [1.54, 1.807) is 19.5 Å². The van der Waals surface area contributed by atoms with Crippen LogP contribution in [0.2, 0.25) is 0 Å². The number of carbonyl (C=O) groups is 1. The smallest absolute Gasteiger partial charge is 0.273 e. The Morgan fingerprint density at radius 3 is 2.45 bits per heavy atom. The van der Waals surface area contributed by atoms with Crippen LogP contribution in [0.25, 0.3) is 11.3 Å². The van der Waals surface area contributed by atoms with E-state index in [1.807, 2.05) is 72.5 Å². The maximum absolute atomic E-state index is 13.5. The van der Waals surface area contributed by atoms with E-state index in [4.69, 9.17) is 9.47 Å². The molecule has 166 valence electrons. The lowest BCUT2D eigenvalue weighted by molar-refractivity contribution is 0.0730. The summed E-state index contributed by atoms with van der Waals surface area (Å²) in [6.07, 6.45) is 3.52. The molecule has 0 fully saturated rings. The van der Waals surface area contributed by atoms with Gasteiger partial charge < -0.3 is 14.4 Å². The van der Waals surface area contributed by atoms with E-state index in [9.17, 15) is 4.79 Å². The quantitative estimate of drug-likeness (QED) is 0.453. The van der Waals surface area contributed by atoms with Gasteiger partial charge in [0.15, 0.2) is 0 Å². The van der Waals surface area contributed by atoms with Crippen molar-refractivity contribution in [3.05, 3.63) is 95.4 Å². The first-order valence-electron chi connectivity index (χ1n) is 10.8. The minimum Gasteiger partial charge on any atom is -0.497 e. The molecule has 1 atom stereocenters. The molecule has 3 heterocycles. The molecule has 0 saturated heterocycles. The second-order valence-corrected chi connectivity index (χ2v) is 7.79. The Morgan fingerprint density at radius 2 is 1.79 bits per heavy atom. The number of rotatable bonds is 7. The Kier molecular flexibility index (Phi) is 5.52. The largest absolute Gasteiger partial charge is 0.497 e. The average molecular weight is 441 g/mol. The van der Waals surface area contributed by atoms with Gasteiger partial charge in [0.1, 0.15) is 17.2 Å².